The van der Waals surface area contributed by atoms with Crippen LogP contribution in [-0.2, 0) is 6.54 Å². The molecule has 1 aliphatic heterocycles. The molecule has 11 heteroatoms. The van der Waals surface area contributed by atoms with Crippen LogP contribution in [0.3, 0.4) is 0 Å². The quantitative estimate of drug-likeness (QED) is 0.404. The predicted molar refractivity (Wildman–Crippen MR) is 83.6 cm³/mol. The Balaban J connectivity index is 0.00000127. The number of amides is 1. The van der Waals surface area contributed by atoms with Crippen LogP contribution in [0, 0.1) is 0 Å². The minimum Gasteiger partial charge on any atom is -0.395 e. The lowest BCUT2D eigenvalue weighted by Crippen LogP contribution is -2.45. The summed E-state index contributed by atoms with van der Waals surface area (Å²) in [5, 5.41) is 16.4. The molecule has 5 N–H and O–H groups in total. The second-order valence-corrected chi connectivity index (χ2v) is 4.15. The first-order chi connectivity index (χ1) is 11.0. The fourth-order valence-electron chi connectivity index (χ4n) is 1.69. The molecule has 0 unspecified atom stereocenters. The first-order valence-corrected chi connectivity index (χ1v) is 7.08. The number of aliphatic hydroxyl groups is 1. The van der Waals surface area contributed by atoms with Crippen molar-refractivity contribution in [3.8, 4) is 0 Å². The number of H-pyrrole nitrogens is 1. The van der Waals surface area contributed by atoms with Crippen LogP contribution in [0.25, 0.3) is 0 Å². The Morgan fingerprint density at radius 1 is 1.39 bits per heavy atom. The molecular formula is C12H21N7O4. The molecule has 11 nitrogen and oxygen atoms in total. The summed E-state index contributed by atoms with van der Waals surface area (Å²) < 4.78 is 1.14. The van der Waals surface area contributed by atoms with Gasteiger partial charge in [-0.15, -0.1) is 10.2 Å². The number of hydrazine groups is 2. The molecule has 2 rings (SSSR count). The zero-order valence-electron chi connectivity index (χ0n) is 13.2. The number of β-amino-alcohol motifs (C(OH)–C–C–N with tert-alkyl or cyclic N) is 1. The van der Waals surface area contributed by atoms with Gasteiger partial charge in [-0.2, -0.15) is 0 Å². The predicted octanol–water partition coefficient (Wildman–Crippen LogP) is -2.45. The van der Waals surface area contributed by atoms with E-state index in [4.69, 9.17) is 5.11 Å². The largest absolute Gasteiger partial charge is 0.395 e. The molecular weight excluding hydrogens is 306 g/mol. The van der Waals surface area contributed by atoms with Gasteiger partial charge in [-0.3, -0.25) is 24.6 Å². The van der Waals surface area contributed by atoms with E-state index in [1.165, 1.54) is 18.4 Å². The van der Waals surface area contributed by atoms with Crippen molar-refractivity contribution < 1.29 is 9.90 Å². The van der Waals surface area contributed by atoms with Crippen LogP contribution in [0.1, 0.15) is 24.2 Å². The number of carbonyl (C=O) groups excluding carboxylic acids is 1. The van der Waals surface area contributed by atoms with Gasteiger partial charge in [0, 0.05) is 13.2 Å². The van der Waals surface area contributed by atoms with Crippen LogP contribution >= 0.6 is 0 Å². The number of amidine groups is 1. The van der Waals surface area contributed by atoms with E-state index in [9.17, 15) is 14.4 Å². The Kier molecular flexibility index (Phi) is 6.96. The van der Waals surface area contributed by atoms with Crippen molar-refractivity contribution in [2.45, 2.75) is 20.4 Å². The Morgan fingerprint density at radius 2 is 2.09 bits per heavy atom. The van der Waals surface area contributed by atoms with Crippen LogP contribution < -0.4 is 27.5 Å². The average Bonchev–Trinajstić information content (AvgIpc) is 2.99. The Bertz CT molecular complexity index is 679. The number of hydrazone groups is 1. The first kappa shape index (κ1) is 18.4. The molecule has 0 aliphatic carbocycles. The van der Waals surface area contributed by atoms with Crippen molar-refractivity contribution in [3.63, 3.8) is 0 Å². The number of rotatable bonds is 5. The summed E-state index contributed by atoms with van der Waals surface area (Å²) >= 11 is 0. The number of nitrogens with zero attached hydrogens (tertiary/aromatic N) is 3. The summed E-state index contributed by atoms with van der Waals surface area (Å²) in [5.41, 5.74) is 3.82. The number of nitrogens with one attached hydrogen (secondary N) is 4. The molecule has 2 heterocycles. The van der Waals surface area contributed by atoms with Gasteiger partial charge in [-0.05, 0) is 0 Å². The van der Waals surface area contributed by atoms with E-state index in [1.54, 1.807) is 0 Å². The number of hydrogen-bond donors (Lipinski definition) is 5. The van der Waals surface area contributed by atoms with Crippen LogP contribution in [0.4, 0.5) is 0 Å². The second-order valence-electron chi connectivity index (χ2n) is 4.15. The molecule has 0 saturated carbocycles. The SMILES string of the molecule is CC.CNC(=O)c1cn(CC2=NNN(CCO)N2)c(=O)[nH]c1=O. The minimum absolute atomic E-state index is 0.0224. The van der Waals surface area contributed by atoms with Crippen LogP contribution in [0.5, 0.6) is 0 Å². The summed E-state index contributed by atoms with van der Waals surface area (Å²) in [6.45, 7) is 4.23. The maximum absolute atomic E-state index is 11.7. The van der Waals surface area contributed by atoms with Gasteiger partial charge < -0.3 is 10.4 Å². The van der Waals surface area contributed by atoms with E-state index in [0.717, 1.165) is 4.57 Å². The zero-order valence-corrected chi connectivity index (χ0v) is 13.2. The number of aromatic amines is 1. The smallest absolute Gasteiger partial charge is 0.328 e. The van der Waals surface area contributed by atoms with Crippen LogP contribution in [-0.4, -0.2) is 51.7 Å². The van der Waals surface area contributed by atoms with Gasteiger partial charge in [0.05, 0.1) is 19.7 Å². The normalized spacial score (nSPS) is 13.3. The van der Waals surface area contributed by atoms with Gasteiger partial charge in [-0.1, -0.05) is 13.8 Å². The third kappa shape index (κ3) is 4.66. The van der Waals surface area contributed by atoms with E-state index in [2.05, 4.69) is 26.4 Å². The summed E-state index contributed by atoms with van der Waals surface area (Å²) in [6, 6.07) is 0. The number of carbonyl (C=O) groups is 1. The molecule has 1 aliphatic rings. The summed E-state index contributed by atoms with van der Waals surface area (Å²) in [7, 11) is 1.39. The van der Waals surface area contributed by atoms with E-state index in [-0.39, 0.29) is 25.3 Å². The van der Waals surface area contributed by atoms with Crippen molar-refractivity contribution in [3.05, 3.63) is 32.6 Å². The summed E-state index contributed by atoms with van der Waals surface area (Å²) in [4.78, 5) is 36.9. The molecule has 0 saturated heterocycles. The van der Waals surface area contributed by atoms with Gasteiger partial charge >= 0.3 is 5.69 Å². The van der Waals surface area contributed by atoms with Crippen molar-refractivity contribution in [1.82, 2.24) is 30.9 Å². The Labute approximate surface area is 131 Å². The van der Waals surface area contributed by atoms with Crippen molar-refractivity contribution in [2.75, 3.05) is 20.2 Å². The minimum atomic E-state index is -0.753. The summed E-state index contributed by atoms with van der Waals surface area (Å²) in [6.07, 6.45) is 1.17. The van der Waals surface area contributed by atoms with Gasteiger partial charge in [0.15, 0.2) is 5.84 Å². The van der Waals surface area contributed by atoms with Gasteiger partial charge in [0.1, 0.15) is 5.56 Å². The molecule has 1 amide bonds. The van der Waals surface area contributed by atoms with E-state index in [1.807, 2.05) is 13.8 Å². The highest BCUT2D eigenvalue weighted by Gasteiger charge is 2.16. The van der Waals surface area contributed by atoms with Gasteiger partial charge in [0.25, 0.3) is 11.5 Å². The monoisotopic (exact) mass is 327 g/mol. The average molecular weight is 327 g/mol. The molecule has 23 heavy (non-hydrogen) atoms. The third-order valence-electron chi connectivity index (χ3n) is 2.70. The van der Waals surface area contributed by atoms with E-state index < -0.39 is 17.2 Å². The lowest BCUT2D eigenvalue weighted by molar-refractivity contribution is 0.0960. The first-order valence-electron chi connectivity index (χ1n) is 7.08. The third-order valence-corrected chi connectivity index (χ3v) is 2.70. The molecule has 0 radical (unpaired) electrons. The lowest BCUT2D eigenvalue weighted by atomic mass is 10.3. The fourth-order valence-corrected chi connectivity index (χ4v) is 1.69. The Morgan fingerprint density at radius 3 is 2.70 bits per heavy atom. The Hall–Kier alpha value is -2.66. The van der Waals surface area contributed by atoms with Crippen LogP contribution in [0.2, 0.25) is 0 Å². The number of hydrogen-bond acceptors (Lipinski definition) is 8. The maximum atomic E-state index is 11.7. The number of aliphatic hydroxyl groups excluding tert-OH is 1. The zero-order chi connectivity index (χ0) is 17.4. The second kappa shape index (κ2) is 8.70. The van der Waals surface area contributed by atoms with E-state index >= 15 is 0 Å². The highest BCUT2D eigenvalue weighted by molar-refractivity contribution is 5.93. The molecule has 0 fully saturated rings. The fraction of sp³-hybridized carbons (Fsp3) is 0.500. The van der Waals surface area contributed by atoms with Crippen molar-refractivity contribution in [2.24, 2.45) is 5.10 Å². The van der Waals surface area contributed by atoms with Crippen LogP contribution in [0.15, 0.2) is 20.9 Å². The highest BCUT2D eigenvalue weighted by atomic mass is 16.3. The molecule has 128 valence electrons. The molecule has 1 aromatic rings. The molecule has 0 atom stereocenters. The van der Waals surface area contributed by atoms with Gasteiger partial charge in [0.2, 0.25) is 0 Å². The summed E-state index contributed by atoms with van der Waals surface area (Å²) in [5.74, 6) is -0.202. The standard InChI is InChI=1S/C10H15N7O4.C2H6/c1-11-8(19)6-4-16(10(21)12-9(6)20)5-7-13-15-17(14-7)2-3-18;1-2/h4,15,18H,2-3,5H2,1H3,(H,11,19)(H,13,14)(H,12,20,21);1-2H3. The molecule has 0 bridgehead atoms. The van der Waals surface area contributed by atoms with Crippen molar-refractivity contribution >= 4 is 11.7 Å². The van der Waals surface area contributed by atoms with E-state index in [0.29, 0.717) is 5.84 Å². The number of aromatic nitrogens is 2. The van der Waals surface area contributed by atoms with Gasteiger partial charge in [-0.25, -0.2) is 10.3 Å². The molecule has 0 spiro atoms. The maximum Gasteiger partial charge on any atom is 0.328 e. The highest BCUT2D eigenvalue weighted by Crippen LogP contribution is 1.93. The topological polar surface area (TPSA) is 144 Å². The molecule has 1 aromatic heterocycles. The lowest BCUT2D eigenvalue weighted by Gasteiger charge is -2.14. The van der Waals surface area contributed by atoms with Crippen molar-refractivity contribution in [1.29, 1.82) is 0 Å². The molecule has 0 aromatic carbocycles.